The van der Waals surface area contributed by atoms with E-state index in [2.05, 4.69) is 27.1 Å². The van der Waals surface area contributed by atoms with Crippen molar-refractivity contribution in [2.45, 2.75) is 32.5 Å². The van der Waals surface area contributed by atoms with Crippen molar-refractivity contribution in [3.8, 4) is 11.8 Å². The summed E-state index contributed by atoms with van der Waals surface area (Å²) in [5, 5.41) is 2.87. The largest absolute Gasteiger partial charge is 0.350 e. The molecule has 8 nitrogen and oxygen atoms in total. The molecule has 0 aliphatic carbocycles. The van der Waals surface area contributed by atoms with Crippen LogP contribution >= 0.6 is 11.6 Å². The molecule has 1 saturated heterocycles. The maximum atomic E-state index is 14.3. The lowest BCUT2D eigenvalue weighted by molar-refractivity contribution is -0.138. The Morgan fingerprint density at radius 3 is 2.55 bits per heavy atom. The molecule has 0 bridgehead atoms. The van der Waals surface area contributed by atoms with Crippen molar-refractivity contribution in [2.75, 3.05) is 6.54 Å². The molecule has 3 heterocycles. The lowest BCUT2D eigenvalue weighted by Gasteiger charge is -2.24. The van der Waals surface area contributed by atoms with Gasteiger partial charge in [0.15, 0.2) is 11.6 Å². The van der Waals surface area contributed by atoms with Crippen LogP contribution in [0.25, 0.3) is 10.9 Å². The molecule has 1 fully saturated rings. The zero-order chi connectivity index (χ0) is 31.5. The Balaban J connectivity index is 1.38. The van der Waals surface area contributed by atoms with E-state index in [1.54, 1.807) is 18.2 Å². The molecule has 0 radical (unpaired) electrons. The Kier molecular flexibility index (Phi) is 8.78. The highest BCUT2D eigenvalue weighted by atomic mass is 35.5. The number of aromatic nitrogens is 3. The number of amides is 2. The summed E-state index contributed by atoms with van der Waals surface area (Å²) < 4.78 is 56.0. The Labute approximate surface area is 253 Å². The lowest BCUT2D eigenvalue weighted by atomic mass is 10.1. The SMILES string of the molecule is CC(=O)c1cn(CC(=O)N2CC(=C(F)F)CC2C(=O)NCc2cccc(Cl)c2F)c2ccc(C#Cc3ncc(F)cn3)cc12. The van der Waals surface area contributed by atoms with Gasteiger partial charge in [0.05, 0.1) is 17.4 Å². The number of nitrogens with zero attached hydrogens (tertiary/aromatic N) is 4. The highest BCUT2D eigenvalue weighted by molar-refractivity contribution is 6.30. The smallest absolute Gasteiger partial charge is 0.271 e. The van der Waals surface area contributed by atoms with Crippen LogP contribution in [-0.2, 0) is 22.7 Å². The molecular formula is C31H22ClF4N5O3. The Hall–Kier alpha value is -5.02. The molecule has 224 valence electrons. The van der Waals surface area contributed by atoms with E-state index in [9.17, 15) is 31.9 Å². The number of ketones is 1. The Morgan fingerprint density at radius 2 is 1.84 bits per heavy atom. The first-order chi connectivity index (χ1) is 21.0. The van der Waals surface area contributed by atoms with Gasteiger partial charge < -0.3 is 14.8 Å². The van der Waals surface area contributed by atoms with Crippen molar-refractivity contribution in [1.29, 1.82) is 0 Å². The third-order valence-electron chi connectivity index (χ3n) is 7.06. The minimum atomic E-state index is -1.98. The molecule has 1 unspecified atom stereocenters. The number of hydrogen-bond donors (Lipinski definition) is 1. The normalized spacial score (nSPS) is 14.4. The number of likely N-dealkylation sites (tertiary alicyclic amines) is 1. The number of carbonyl (C=O) groups is 3. The topological polar surface area (TPSA) is 97.2 Å². The number of rotatable bonds is 6. The highest BCUT2D eigenvalue weighted by Gasteiger charge is 2.38. The first-order valence-electron chi connectivity index (χ1n) is 13.2. The number of benzene rings is 2. The maximum Gasteiger partial charge on any atom is 0.271 e. The fourth-order valence-corrected chi connectivity index (χ4v) is 5.06. The first kappa shape index (κ1) is 30.4. The summed E-state index contributed by atoms with van der Waals surface area (Å²) >= 11 is 5.79. The molecule has 5 rings (SSSR count). The van der Waals surface area contributed by atoms with Gasteiger partial charge in [-0.1, -0.05) is 29.7 Å². The van der Waals surface area contributed by atoms with Gasteiger partial charge in [-0.3, -0.25) is 14.4 Å². The first-order valence-corrected chi connectivity index (χ1v) is 13.6. The second kappa shape index (κ2) is 12.7. The van der Waals surface area contributed by atoms with E-state index >= 15 is 0 Å². The Morgan fingerprint density at radius 1 is 1.09 bits per heavy atom. The van der Waals surface area contributed by atoms with Crippen molar-refractivity contribution in [3.63, 3.8) is 0 Å². The van der Waals surface area contributed by atoms with Crippen LogP contribution in [-0.4, -0.2) is 49.6 Å². The number of halogens is 5. The van der Waals surface area contributed by atoms with Gasteiger partial charge in [0.1, 0.15) is 18.4 Å². The molecule has 4 aromatic rings. The molecular weight excluding hydrogens is 602 g/mol. The van der Waals surface area contributed by atoms with Crippen LogP contribution < -0.4 is 5.32 Å². The highest BCUT2D eigenvalue weighted by Crippen LogP contribution is 2.29. The van der Waals surface area contributed by atoms with E-state index in [0.717, 1.165) is 17.3 Å². The third kappa shape index (κ3) is 6.48. The van der Waals surface area contributed by atoms with Gasteiger partial charge in [-0.2, -0.15) is 8.78 Å². The summed E-state index contributed by atoms with van der Waals surface area (Å²) in [5.74, 6) is 2.68. The fourth-order valence-electron chi connectivity index (χ4n) is 4.87. The molecule has 44 heavy (non-hydrogen) atoms. The van der Waals surface area contributed by atoms with Gasteiger partial charge in [0.2, 0.25) is 17.6 Å². The van der Waals surface area contributed by atoms with Crippen LogP contribution in [0.2, 0.25) is 5.02 Å². The summed E-state index contributed by atoms with van der Waals surface area (Å²) in [6.45, 7) is 0.279. The molecule has 2 amide bonds. The summed E-state index contributed by atoms with van der Waals surface area (Å²) in [6, 6.07) is 7.94. The van der Waals surface area contributed by atoms with Crippen molar-refractivity contribution in [2.24, 2.45) is 0 Å². The maximum absolute atomic E-state index is 14.3. The van der Waals surface area contributed by atoms with Gasteiger partial charge in [-0.05, 0) is 37.1 Å². The lowest BCUT2D eigenvalue weighted by Crippen LogP contribution is -2.46. The summed E-state index contributed by atoms with van der Waals surface area (Å²) in [4.78, 5) is 47.6. The minimum Gasteiger partial charge on any atom is -0.350 e. The molecule has 1 atom stereocenters. The summed E-state index contributed by atoms with van der Waals surface area (Å²) in [5.41, 5.74) is 1.03. The predicted molar refractivity (Wildman–Crippen MR) is 153 cm³/mol. The Bertz CT molecular complexity index is 1890. The third-order valence-corrected chi connectivity index (χ3v) is 7.35. The molecule has 1 N–H and O–H groups in total. The molecule has 1 aliphatic heterocycles. The van der Waals surface area contributed by atoms with Crippen LogP contribution in [0, 0.1) is 23.5 Å². The van der Waals surface area contributed by atoms with Gasteiger partial charge in [-0.25, -0.2) is 18.7 Å². The van der Waals surface area contributed by atoms with E-state index in [-0.39, 0.29) is 47.3 Å². The number of fused-ring (bicyclic) bond motifs is 1. The standard InChI is InChI=1S/C31H22ClF4N5O3/c1-17(42)23-15-40(25-7-5-18(9-22(23)25)6-8-27-37-12-21(33)13-38-27)16-28(43)41-14-20(30(35)36)10-26(41)31(44)39-11-19-3-2-4-24(32)29(19)34/h2-5,7,9,12-13,15,26H,10-11,14,16H2,1H3,(H,39,44). The van der Waals surface area contributed by atoms with Crippen LogP contribution in [0.3, 0.4) is 0 Å². The van der Waals surface area contributed by atoms with Gasteiger partial charge in [0, 0.05) is 58.9 Å². The van der Waals surface area contributed by atoms with Crippen molar-refractivity contribution < 1.29 is 31.9 Å². The number of hydrogen-bond acceptors (Lipinski definition) is 5. The number of nitrogens with one attached hydrogen (secondary N) is 1. The molecule has 0 spiro atoms. The predicted octanol–water partition coefficient (Wildman–Crippen LogP) is 5.03. The van der Waals surface area contributed by atoms with Crippen LogP contribution in [0.15, 0.2) is 66.6 Å². The van der Waals surface area contributed by atoms with E-state index in [1.807, 2.05) is 0 Å². The summed E-state index contributed by atoms with van der Waals surface area (Å²) in [6.07, 6.45) is 1.08. The second-order valence-electron chi connectivity index (χ2n) is 9.97. The molecule has 1 aliphatic rings. The van der Waals surface area contributed by atoms with E-state index in [0.29, 0.717) is 22.0 Å². The minimum absolute atomic E-state index is 0.0963. The zero-order valence-electron chi connectivity index (χ0n) is 23.0. The van der Waals surface area contributed by atoms with Crippen molar-refractivity contribution in [1.82, 2.24) is 24.8 Å². The van der Waals surface area contributed by atoms with Gasteiger partial charge in [0.25, 0.3) is 6.08 Å². The van der Waals surface area contributed by atoms with E-state index in [4.69, 9.17) is 11.6 Å². The van der Waals surface area contributed by atoms with Crippen LogP contribution in [0.1, 0.15) is 40.7 Å². The average molecular weight is 624 g/mol. The fraction of sp³-hybridized carbons (Fsp3) is 0.194. The molecule has 0 saturated carbocycles. The second-order valence-corrected chi connectivity index (χ2v) is 10.4. The van der Waals surface area contributed by atoms with Crippen LogP contribution in [0.5, 0.6) is 0 Å². The molecule has 13 heteroatoms. The van der Waals surface area contributed by atoms with Gasteiger partial charge in [-0.15, -0.1) is 0 Å². The monoisotopic (exact) mass is 623 g/mol. The van der Waals surface area contributed by atoms with E-state index < -0.39 is 42.1 Å². The van der Waals surface area contributed by atoms with Gasteiger partial charge >= 0.3 is 0 Å². The average Bonchev–Trinajstić information content (AvgIpc) is 3.60. The number of Topliss-reactive ketones (excluding diaryl/α,β-unsaturated/α-hetero) is 1. The van der Waals surface area contributed by atoms with Crippen LogP contribution in [0.4, 0.5) is 17.6 Å². The molecule has 2 aromatic heterocycles. The zero-order valence-corrected chi connectivity index (χ0v) is 23.8. The van der Waals surface area contributed by atoms with Crippen molar-refractivity contribution in [3.05, 3.63) is 106 Å². The van der Waals surface area contributed by atoms with Crippen molar-refractivity contribution >= 4 is 40.1 Å². The van der Waals surface area contributed by atoms with E-state index in [1.165, 1.54) is 35.9 Å². The quantitative estimate of drug-likeness (QED) is 0.185. The molecule has 2 aromatic carbocycles. The number of carbonyl (C=O) groups excluding carboxylic acids is 3. The summed E-state index contributed by atoms with van der Waals surface area (Å²) in [7, 11) is 0.